The fourth-order valence-corrected chi connectivity index (χ4v) is 2.98. The highest BCUT2D eigenvalue weighted by atomic mass is 35.5. The van der Waals surface area contributed by atoms with Gasteiger partial charge in [-0.25, -0.2) is 0 Å². The number of nitrogens with zero attached hydrogens (tertiary/aromatic N) is 3. The van der Waals surface area contributed by atoms with Crippen molar-refractivity contribution in [2.24, 2.45) is 13.0 Å². The molecule has 2 atom stereocenters. The SMILES string of the molecule is CNC(=O)/C(=C\NC=O)c1cc(C2CC2C#Cc2cccn2C)c(Cl)nn1. The number of carbonyl (C=O) groups is 2. The third-order valence-electron chi connectivity index (χ3n) is 4.34. The lowest BCUT2D eigenvalue weighted by molar-refractivity contribution is -0.115. The monoisotopic (exact) mass is 383 g/mol. The Labute approximate surface area is 161 Å². The zero-order valence-electron chi connectivity index (χ0n) is 14.9. The molecule has 2 aromatic rings. The van der Waals surface area contributed by atoms with Crippen molar-refractivity contribution in [2.45, 2.75) is 12.3 Å². The fourth-order valence-electron chi connectivity index (χ4n) is 2.75. The normalized spacial score (nSPS) is 18.3. The van der Waals surface area contributed by atoms with Gasteiger partial charge in [0, 0.05) is 38.3 Å². The van der Waals surface area contributed by atoms with Crippen LogP contribution in [-0.2, 0) is 16.6 Å². The van der Waals surface area contributed by atoms with Crippen molar-refractivity contribution in [2.75, 3.05) is 7.05 Å². The third kappa shape index (κ3) is 4.18. The summed E-state index contributed by atoms with van der Waals surface area (Å²) in [4.78, 5) is 22.6. The number of nitrogens with one attached hydrogen (secondary N) is 2. The fraction of sp³-hybridized carbons (Fsp3) is 0.263. The highest BCUT2D eigenvalue weighted by molar-refractivity contribution is 6.30. The summed E-state index contributed by atoms with van der Waals surface area (Å²) in [5.74, 6) is 6.37. The highest BCUT2D eigenvalue weighted by Gasteiger charge is 2.39. The highest BCUT2D eigenvalue weighted by Crippen LogP contribution is 2.49. The average Bonchev–Trinajstić information content (AvgIpc) is 3.33. The molecule has 2 heterocycles. The van der Waals surface area contributed by atoms with Gasteiger partial charge < -0.3 is 15.2 Å². The summed E-state index contributed by atoms with van der Waals surface area (Å²) in [7, 11) is 3.45. The van der Waals surface area contributed by atoms with Crippen LogP contribution in [0.5, 0.6) is 0 Å². The van der Waals surface area contributed by atoms with E-state index in [0.717, 1.165) is 17.7 Å². The zero-order valence-corrected chi connectivity index (χ0v) is 15.6. The summed E-state index contributed by atoms with van der Waals surface area (Å²) in [6.07, 6.45) is 4.58. The van der Waals surface area contributed by atoms with Gasteiger partial charge in [-0.05, 0) is 36.1 Å². The summed E-state index contributed by atoms with van der Waals surface area (Å²) < 4.78 is 1.96. The molecule has 1 saturated carbocycles. The molecule has 0 aliphatic heterocycles. The summed E-state index contributed by atoms with van der Waals surface area (Å²) >= 11 is 6.23. The molecule has 1 aliphatic carbocycles. The second kappa shape index (κ2) is 8.06. The van der Waals surface area contributed by atoms with E-state index in [1.54, 1.807) is 6.07 Å². The van der Waals surface area contributed by atoms with Gasteiger partial charge in [-0.2, -0.15) is 0 Å². The number of hydrogen-bond donors (Lipinski definition) is 2. The molecule has 8 heteroatoms. The van der Waals surface area contributed by atoms with Gasteiger partial charge >= 0.3 is 0 Å². The maximum absolute atomic E-state index is 12.1. The van der Waals surface area contributed by atoms with Crippen LogP contribution in [0, 0.1) is 17.8 Å². The van der Waals surface area contributed by atoms with Crippen molar-refractivity contribution in [3.05, 3.63) is 52.7 Å². The van der Waals surface area contributed by atoms with E-state index in [1.807, 2.05) is 29.9 Å². The van der Waals surface area contributed by atoms with Crippen LogP contribution in [0.1, 0.15) is 29.3 Å². The second-order valence-electron chi connectivity index (χ2n) is 6.12. The minimum atomic E-state index is -0.386. The van der Waals surface area contributed by atoms with Gasteiger partial charge in [0.05, 0.1) is 11.3 Å². The summed E-state index contributed by atoms with van der Waals surface area (Å²) in [6, 6.07) is 5.64. The lowest BCUT2D eigenvalue weighted by Gasteiger charge is -2.08. The van der Waals surface area contributed by atoms with E-state index in [9.17, 15) is 9.59 Å². The Morgan fingerprint density at radius 3 is 2.93 bits per heavy atom. The van der Waals surface area contributed by atoms with Gasteiger partial charge in [-0.3, -0.25) is 9.59 Å². The molecule has 0 radical (unpaired) electrons. The lowest BCUT2D eigenvalue weighted by Crippen LogP contribution is -2.22. The first-order chi connectivity index (χ1) is 13.0. The smallest absolute Gasteiger partial charge is 0.254 e. The van der Waals surface area contributed by atoms with Crippen LogP contribution in [0.3, 0.4) is 0 Å². The topological polar surface area (TPSA) is 88.9 Å². The Bertz CT molecular complexity index is 970. The molecule has 0 spiro atoms. The first-order valence-corrected chi connectivity index (χ1v) is 8.71. The Morgan fingerprint density at radius 1 is 1.44 bits per heavy atom. The van der Waals surface area contributed by atoms with Gasteiger partial charge in [0.15, 0.2) is 5.15 Å². The summed E-state index contributed by atoms with van der Waals surface area (Å²) in [5.41, 5.74) is 2.28. The van der Waals surface area contributed by atoms with Gasteiger partial charge in [0.1, 0.15) is 5.69 Å². The molecule has 2 aromatic heterocycles. The van der Waals surface area contributed by atoms with Crippen LogP contribution in [0.4, 0.5) is 0 Å². The number of likely N-dealkylation sites (N-methyl/N-ethyl adjacent to an activating group) is 1. The Balaban J connectivity index is 1.84. The number of aryl methyl sites for hydroxylation is 1. The Hall–Kier alpha value is -3.11. The predicted molar refractivity (Wildman–Crippen MR) is 101 cm³/mol. The average molecular weight is 384 g/mol. The van der Waals surface area contributed by atoms with Gasteiger partial charge in [-0.1, -0.05) is 17.5 Å². The Kier molecular flexibility index (Phi) is 5.57. The van der Waals surface area contributed by atoms with Gasteiger partial charge in [-0.15, -0.1) is 10.2 Å². The number of amides is 2. The van der Waals surface area contributed by atoms with Gasteiger partial charge in [0.25, 0.3) is 5.91 Å². The molecule has 7 nitrogen and oxygen atoms in total. The summed E-state index contributed by atoms with van der Waals surface area (Å²) in [6.45, 7) is 0. The van der Waals surface area contributed by atoms with E-state index in [1.165, 1.54) is 13.2 Å². The minimum absolute atomic E-state index is 0.143. The molecule has 1 aliphatic rings. The molecule has 27 heavy (non-hydrogen) atoms. The molecule has 1 fully saturated rings. The van der Waals surface area contributed by atoms with Crippen LogP contribution in [-0.4, -0.2) is 34.1 Å². The van der Waals surface area contributed by atoms with Crippen LogP contribution in [0.15, 0.2) is 30.6 Å². The zero-order chi connectivity index (χ0) is 19.4. The van der Waals surface area contributed by atoms with Crippen molar-refractivity contribution in [3.63, 3.8) is 0 Å². The lowest BCUT2D eigenvalue weighted by atomic mass is 10.1. The molecule has 0 aromatic carbocycles. The number of rotatable bonds is 5. The van der Waals surface area contributed by atoms with Crippen molar-refractivity contribution in [1.82, 2.24) is 25.4 Å². The standard InChI is InChI=1S/C19H18ClN5O2/c1-21-19(27)16(10-22-11-26)17-9-15(18(20)24-23-17)14-8-12(14)5-6-13-4-3-7-25(13)2/h3-4,7,9-12,14H,8H2,1-2H3,(H,21,27)(H,22,26)/b16-10-. The van der Waals surface area contributed by atoms with Crippen molar-refractivity contribution in [1.29, 1.82) is 0 Å². The van der Waals surface area contributed by atoms with Crippen molar-refractivity contribution < 1.29 is 9.59 Å². The van der Waals surface area contributed by atoms with Crippen LogP contribution >= 0.6 is 11.6 Å². The molecule has 2 unspecified atom stereocenters. The Morgan fingerprint density at radius 2 is 2.26 bits per heavy atom. The maximum Gasteiger partial charge on any atom is 0.254 e. The van der Waals surface area contributed by atoms with E-state index in [4.69, 9.17) is 11.6 Å². The van der Waals surface area contributed by atoms with Crippen molar-refractivity contribution in [3.8, 4) is 11.8 Å². The first kappa shape index (κ1) is 18.7. The molecule has 3 rings (SSSR count). The largest absolute Gasteiger partial charge is 0.355 e. The maximum atomic E-state index is 12.1. The molecule has 2 amide bonds. The molecule has 138 valence electrons. The quantitative estimate of drug-likeness (QED) is 0.464. The van der Waals surface area contributed by atoms with Crippen LogP contribution < -0.4 is 10.6 Å². The van der Waals surface area contributed by atoms with Gasteiger partial charge in [0.2, 0.25) is 6.41 Å². The van der Waals surface area contributed by atoms with E-state index in [0.29, 0.717) is 17.3 Å². The van der Waals surface area contributed by atoms with E-state index < -0.39 is 0 Å². The van der Waals surface area contributed by atoms with E-state index in [2.05, 4.69) is 32.7 Å². The summed E-state index contributed by atoms with van der Waals surface area (Å²) in [5, 5.41) is 13.1. The molecular weight excluding hydrogens is 366 g/mol. The van der Waals surface area contributed by atoms with Crippen molar-refractivity contribution >= 4 is 29.5 Å². The van der Waals surface area contributed by atoms with E-state index in [-0.39, 0.29) is 23.3 Å². The molecule has 0 bridgehead atoms. The number of aromatic nitrogens is 3. The predicted octanol–water partition coefficient (Wildman–Crippen LogP) is 1.46. The number of halogens is 1. The third-order valence-corrected chi connectivity index (χ3v) is 4.63. The molecule has 2 N–H and O–H groups in total. The van der Waals surface area contributed by atoms with Crippen LogP contribution in [0.25, 0.3) is 5.57 Å². The minimum Gasteiger partial charge on any atom is -0.355 e. The molecular formula is C19H18ClN5O2. The van der Waals surface area contributed by atoms with E-state index >= 15 is 0 Å². The number of carbonyl (C=O) groups excluding carboxylic acids is 2. The first-order valence-electron chi connectivity index (χ1n) is 8.33. The number of hydrogen-bond acceptors (Lipinski definition) is 4. The second-order valence-corrected chi connectivity index (χ2v) is 6.48. The van der Waals surface area contributed by atoms with Crippen LogP contribution in [0.2, 0.25) is 5.15 Å². The molecule has 0 saturated heterocycles.